The molecule has 0 spiro atoms. The minimum Gasteiger partial charge on any atom is -1.00 e. The van der Waals surface area contributed by atoms with Gasteiger partial charge in [0.1, 0.15) is 24.4 Å². The number of hydrogen-bond donors (Lipinski definition) is 1. The van der Waals surface area contributed by atoms with Crippen LogP contribution in [0, 0.1) is 0 Å². The molecule has 1 aromatic heterocycles. The zero-order chi connectivity index (χ0) is 25.5. The summed E-state index contributed by atoms with van der Waals surface area (Å²) in [6.45, 7) is -0.287. The van der Waals surface area contributed by atoms with Gasteiger partial charge in [-0.25, -0.2) is 9.59 Å². The number of halogens is 1. The molecule has 37 heavy (non-hydrogen) atoms. The Labute approximate surface area is 222 Å². The van der Waals surface area contributed by atoms with Crippen LogP contribution in [-0.2, 0) is 14.2 Å². The summed E-state index contributed by atoms with van der Waals surface area (Å²) >= 11 is 0. The molecule has 0 saturated carbocycles. The van der Waals surface area contributed by atoms with Gasteiger partial charge in [-0.05, 0) is 35.9 Å². The van der Waals surface area contributed by atoms with E-state index in [1.165, 1.54) is 16.8 Å². The van der Waals surface area contributed by atoms with Crippen molar-refractivity contribution in [2.24, 2.45) is 10.8 Å². The van der Waals surface area contributed by atoms with Gasteiger partial charge in [-0.15, -0.1) is 0 Å². The topological polar surface area (TPSA) is 158 Å². The van der Waals surface area contributed by atoms with Crippen LogP contribution in [-0.4, -0.2) is 42.7 Å². The highest BCUT2D eigenvalue weighted by molar-refractivity contribution is 5.92. The number of carbonyl (C=O) groups excluding carboxylic acids is 3. The third-order valence-corrected chi connectivity index (χ3v) is 5.54. The van der Waals surface area contributed by atoms with Crippen molar-refractivity contribution < 1.29 is 50.1 Å². The Morgan fingerprint density at radius 2 is 1.54 bits per heavy atom. The minimum absolute atomic E-state index is 0. The average Bonchev–Trinajstić information content (AvgIpc) is 3.25. The van der Waals surface area contributed by atoms with E-state index in [4.69, 9.17) is 19.9 Å². The van der Waals surface area contributed by atoms with Crippen molar-refractivity contribution in [3.63, 3.8) is 0 Å². The molecular weight excluding hydrogens is 546 g/mol. The number of nitrogens with zero attached hydrogens (tertiary/aromatic N) is 4. The van der Waals surface area contributed by atoms with Gasteiger partial charge in [0.25, 0.3) is 12.1 Å². The Kier molecular flexibility index (Phi) is 9.33. The highest BCUT2D eigenvalue weighted by Gasteiger charge is 2.52. The van der Waals surface area contributed by atoms with Gasteiger partial charge in [-0.1, -0.05) is 41.5 Å². The van der Waals surface area contributed by atoms with Gasteiger partial charge >= 0.3 is 11.9 Å². The molecule has 190 valence electrons. The second-order valence-electron chi connectivity index (χ2n) is 7.87. The third-order valence-electron chi connectivity index (χ3n) is 5.54. The fourth-order valence-electron chi connectivity index (χ4n) is 3.81. The van der Waals surface area contributed by atoms with Crippen LogP contribution < -0.4 is 27.3 Å². The number of primary amides is 1. The number of amides is 1. The summed E-state index contributed by atoms with van der Waals surface area (Å²) in [5.41, 5.74) is 15.5. The summed E-state index contributed by atoms with van der Waals surface area (Å²) in [7, 11) is 0. The Balaban J connectivity index is 0.00000380. The summed E-state index contributed by atoms with van der Waals surface area (Å²) in [6.07, 6.45) is -0.0380. The monoisotopic (exact) mass is 567 g/mol. The first kappa shape index (κ1) is 27.3. The molecule has 0 aliphatic carbocycles. The van der Waals surface area contributed by atoms with E-state index in [9.17, 15) is 19.9 Å². The fourth-order valence-corrected chi connectivity index (χ4v) is 3.81. The lowest BCUT2D eigenvalue weighted by atomic mass is 10.1. The van der Waals surface area contributed by atoms with Crippen molar-refractivity contribution in [3.8, 4) is 0 Å². The van der Waals surface area contributed by atoms with Crippen molar-refractivity contribution in [2.75, 3.05) is 6.61 Å². The number of azide groups is 1. The van der Waals surface area contributed by atoms with Crippen LogP contribution in [0.4, 0.5) is 0 Å². The van der Waals surface area contributed by atoms with Gasteiger partial charge in [0.05, 0.1) is 11.1 Å². The van der Waals surface area contributed by atoms with E-state index in [2.05, 4.69) is 10.0 Å². The second kappa shape index (κ2) is 12.6. The van der Waals surface area contributed by atoms with Crippen molar-refractivity contribution in [2.45, 2.75) is 24.5 Å². The van der Waals surface area contributed by atoms with E-state index >= 15 is 0 Å². The summed E-state index contributed by atoms with van der Waals surface area (Å²) in [5.74, 6) is -1.93. The first-order valence-electron chi connectivity index (χ1n) is 11.0. The van der Waals surface area contributed by atoms with Gasteiger partial charge in [0.15, 0.2) is 18.4 Å². The van der Waals surface area contributed by atoms with Gasteiger partial charge in [-0.3, -0.25) is 4.79 Å². The maximum Gasteiger partial charge on any atom is 0.338 e. The summed E-state index contributed by atoms with van der Waals surface area (Å²) in [6, 6.07) is 18.7. The number of pyridine rings is 1. The number of carbonyl (C=O) groups is 3. The van der Waals surface area contributed by atoms with Crippen LogP contribution in [0.25, 0.3) is 10.4 Å². The zero-order valence-electron chi connectivity index (χ0n) is 19.3. The van der Waals surface area contributed by atoms with Crippen LogP contribution in [0.2, 0.25) is 0 Å². The zero-order valence-corrected chi connectivity index (χ0v) is 20.9. The molecule has 1 fully saturated rings. The van der Waals surface area contributed by atoms with Crippen LogP contribution in [0.3, 0.4) is 0 Å². The number of benzene rings is 2. The van der Waals surface area contributed by atoms with E-state index in [0.29, 0.717) is 5.56 Å². The molecule has 0 bridgehead atoms. The van der Waals surface area contributed by atoms with E-state index in [1.54, 1.807) is 72.9 Å². The van der Waals surface area contributed by atoms with Crippen molar-refractivity contribution >= 4 is 17.8 Å². The van der Waals surface area contributed by atoms with E-state index in [0.717, 1.165) is 0 Å². The minimum atomic E-state index is -1.10. The summed E-state index contributed by atoms with van der Waals surface area (Å²) < 4.78 is 18.7. The Bertz CT molecular complexity index is 1300. The molecule has 1 aliphatic heterocycles. The van der Waals surface area contributed by atoms with E-state index < -0.39 is 42.3 Å². The standard InChI is InChI=1S/C25H21N5O6.BrH/c26-22(31)18-12-7-13-30(14-18)23-20(28-29-27)21(36-25(33)17-10-5-2-6-11-17)19(35-23)15-34-24(32)16-8-3-1-4-9-16;/h1-14,19-21,23H,15H2,(H-,26,31);1H/t19-,20-,21-,23-;/m1./s1. The molecule has 0 radical (unpaired) electrons. The number of hydrogen-bond acceptors (Lipinski definition) is 7. The maximum absolute atomic E-state index is 12.9. The quantitative estimate of drug-likeness (QED) is 0.130. The van der Waals surface area contributed by atoms with Gasteiger partial charge in [0.2, 0.25) is 0 Å². The van der Waals surface area contributed by atoms with Crippen LogP contribution in [0.1, 0.15) is 37.3 Å². The van der Waals surface area contributed by atoms with Crippen molar-refractivity contribution in [3.05, 3.63) is 112 Å². The van der Waals surface area contributed by atoms with Crippen LogP contribution in [0.15, 0.2) is 90.3 Å². The maximum atomic E-state index is 12.9. The first-order chi connectivity index (χ1) is 17.5. The lowest BCUT2D eigenvalue weighted by molar-refractivity contribution is -0.760. The molecule has 2 heterocycles. The lowest BCUT2D eigenvalue weighted by Crippen LogP contribution is -3.00. The molecular formula is C25H22BrN5O6. The molecule has 2 aromatic carbocycles. The Morgan fingerprint density at radius 1 is 0.946 bits per heavy atom. The number of esters is 2. The first-order valence-corrected chi connectivity index (χ1v) is 11.0. The molecule has 1 amide bonds. The predicted molar refractivity (Wildman–Crippen MR) is 124 cm³/mol. The molecule has 3 aromatic rings. The molecule has 11 nitrogen and oxygen atoms in total. The molecule has 4 rings (SSSR count). The van der Waals surface area contributed by atoms with Crippen LogP contribution >= 0.6 is 0 Å². The number of rotatable bonds is 8. The highest BCUT2D eigenvalue weighted by atomic mass is 79.9. The largest absolute Gasteiger partial charge is 1.00 e. The number of aromatic nitrogens is 1. The van der Waals surface area contributed by atoms with E-state index in [-0.39, 0.29) is 34.7 Å². The normalized spacial score (nSPS) is 20.1. The van der Waals surface area contributed by atoms with Gasteiger partial charge in [-0.2, -0.15) is 4.57 Å². The molecule has 1 saturated heterocycles. The van der Waals surface area contributed by atoms with Crippen molar-refractivity contribution in [1.29, 1.82) is 0 Å². The predicted octanol–water partition coefficient (Wildman–Crippen LogP) is -0.264. The number of ether oxygens (including phenoxy) is 3. The highest BCUT2D eigenvalue weighted by Crippen LogP contribution is 2.32. The molecule has 2 N–H and O–H groups in total. The Hall–Kier alpha value is -4.25. The summed E-state index contributed by atoms with van der Waals surface area (Å²) in [4.78, 5) is 39.9. The molecule has 0 unspecified atom stereocenters. The molecule has 12 heteroatoms. The van der Waals surface area contributed by atoms with Gasteiger partial charge in [0, 0.05) is 11.0 Å². The average molecular weight is 568 g/mol. The third kappa shape index (κ3) is 6.50. The second-order valence-corrected chi connectivity index (χ2v) is 7.87. The Morgan fingerprint density at radius 3 is 2.14 bits per heavy atom. The van der Waals surface area contributed by atoms with Gasteiger partial charge < -0.3 is 36.9 Å². The molecule has 1 aliphatic rings. The van der Waals surface area contributed by atoms with Crippen LogP contribution in [0.5, 0.6) is 0 Å². The van der Waals surface area contributed by atoms with Crippen molar-refractivity contribution in [1.82, 2.24) is 0 Å². The molecule has 4 atom stereocenters. The number of nitrogens with two attached hydrogens (primary N) is 1. The van der Waals surface area contributed by atoms with E-state index in [1.807, 2.05) is 0 Å². The lowest BCUT2D eigenvalue weighted by Gasteiger charge is -2.20. The fraction of sp³-hybridized carbons (Fsp3) is 0.200. The summed E-state index contributed by atoms with van der Waals surface area (Å²) in [5, 5.41) is 3.82. The smallest absolute Gasteiger partial charge is 0.338 e. The SMILES string of the molecule is [Br-].[N-]=[N+]=N[C@@H]1[C@H](OC(=O)c2ccccc2)[C@@H](COC(=O)c2ccccc2)O[C@H]1[n+]1cccc(C(N)=O)c1.